The van der Waals surface area contributed by atoms with Crippen LogP contribution < -0.4 is 5.32 Å². The minimum atomic E-state index is -3.51. The number of carbonyl (C=O) groups excluding carboxylic acids is 2. The lowest BCUT2D eigenvalue weighted by Crippen LogP contribution is -2.42. The summed E-state index contributed by atoms with van der Waals surface area (Å²) in [6.07, 6.45) is 6.25. The predicted molar refractivity (Wildman–Crippen MR) is 140 cm³/mol. The van der Waals surface area contributed by atoms with Crippen molar-refractivity contribution in [1.82, 2.24) is 9.21 Å². The van der Waals surface area contributed by atoms with Crippen molar-refractivity contribution >= 4 is 33.6 Å². The summed E-state index contributed by atoms with van der Waals surface area (Å²) >= 11 is 0. The predicted octanol–water partition coefficient (Wildman–Crippen LogP) is 4.69. The minimum absolute atomic E-state index is 0.0320. The number of hydrogen-bond donors (Lipinski definition) is 1. The Labute approximate surface area is 208 Å². The molecule has 0 radical (unpaired) electrons. The Morgan fingerprint density at radius 2 is 1.77 bits per heavy atom. The van der Waals surface area contributed by atoms with Crippen LogP contribution in [0.1, 0.15) is 61.5 Å². The Hall–Kier alpha value is -2.97. The molecule has 1 aliphatic heterocycles. The highest BCUT2D eigenvalue weighted by Gasteiger charge is 2.24. The van der Waals surface area contributed by atoms with Gasteiger partial charge in [-0.1, -0.05) is 26.0 Å². The second-order valence-corrected chi connectivity index (χ2v) is 10.8. The molecule has 2 aromatic carbocycles. The van der Waals surface area contributed by atoms with E-state index in [2.05, 4.69) is 12.2 Å². The molecule has 7 nitrogen and oxygen atoms in total. The molecule has 1 N–H and O–H groups in total. The lowest BCUT2D eigenvalue weighted by Gasteiger charge is -2.33. The van der Waals surface area contributed by atoms with Gasteiger partial charge in [0, 0.05) is 43.0 Å². The van der Waals surface area contributed by atoms with Crippen LogP contribution in [0.4, 0.5) is 5.69 Å². The zero-order valence-corrected chi connectivity index (χ0v) is 21.8. The molecule has 1 heterocycles. The standard InChI is InChI=1S/C27H35N3O4S/c1-5-29(6-2)35(33,34)24-14-10-22(11-15-24)12-17-26(31)28-25-16-13-23(19-20(25)3)27(32)30-18-8-7-9-21(30)4/h10-17,19,21H,5-9,18H2,1-4H3,(H,28,31)/b17-12+. The van der Waals surface area contributed by atoms with Crippen LogP contribution in [0.2, 0.25) is 0 Å². The molecule has 1 aliphatic rings. The lowest BCUT2D eigenvalue weighted by atomic mass is 10.0. The SMILES string of the molecule is CCN(CC)S(=O)(=O)c1ccc(/C=C/C(=O)Nc2ccc(C(=O)N3CCCCC3C)cc2C)cc1. The van der Waals surface area contributed by atoms with E-state index in [4.69, 9.17) is 0 Å². The number of nitrogens with one attached hydrogen (secondary N) is 1. The summed E-state index contributed by atoms with van der Waals surface area (Å²) in [5.74, 6) is -0.277. The summed E-state index contributed by atoms with van der Waals surface area (Å²) < 4.78 is 26.6. The Morgan fingerprint density at radius 3 is 2.37 bits per heavy atom. The number of benzene rings is 2. The number of nitrogens with zero attached hydrogens (tertiary/aromatic N) is 2. The van der Waals surface area contributed by atoms with E-state index in [0.717, 1.165) is 31.4 Å². The number of aryl methyl sites for hydroxylation is 1. The van der Waals surface area contributed by atoms with Gasteiger partial charge in [-0.15, -0.1) is 0 Å². The second kappa shape index (κ2) is 11.6. The van der Waals surface area contributed by atoms with Crippen molar-refractivity contribution < 1.29 is 18.0 Å². The van der Waals surface area contributed by atoms with Gasteiger partial charge < -0.3 is 10.2 Å². The van der Waals surface area contributed by atoms with E-state index >= 15 is 0 Å². The molecule has 0 saturated carbocycles. The van der Waals surface area contributed by atoms with Gasteiger partial charge in [-0.05, 0) is 80.6 Å². The fourth-order valence-electron chi connectivity index (χ4n) is 4.31. The molecule has 2 amide bonds. The number of likely N-dealkylation sites (tertiary alicyclic amines) is 1. The molecule has 0 spiro atoms. The molecule has 3 rings (SSSR count). The third-order valence-electron chi connectivity index (χ3n) is 6.45. The maximum absolute atomic E-state index is 12.9. The molecule has 0 aromatic heterocycles. The number of carbonyl (C=O) groups is 2. The van der Waals surface area contributed by atoms with Crippen LogP contribution in [0.5, 0.6) is 0 Å². The van der Waals surface area contributed by atoms with Crippen LogP contribution in [0.15, 0.2) is 53.4 Å². The van der Waals surface area contributed by atoms with Crippen molar-refractivity contribution in [2.75, 3.05) is 25.0 Å². The van der Waals surface area contributed by atoms with Crippen LogP contribution >= 0.6 is 0 Å². The van der Waals surface area contributed by atoms with Gasteiger partial charge in [0.25, 0.3) is 5.91 Å². The second-order valence-electron chi connectivity index (χ2n) is 8.85. The fourth-order valence-corrected chi connectivity index (χ4v) is 5.77. The normalized spacial score (nSPS) is 16.6. The summed E-state index contributed by atoms with van der Waals surface area (Å²) in [5, 5.41) is 2.85. The van der Waals surface area contributed by atoms with Gasteiger partial charge in [0.15, 0.2) is 0 Å². The smallest absolute Gasteiger partial charge is 0.254 e. The average Bonchev–Trinajstić information content (AvgIpc) is 2.84. The number of piperidine rings is 1. The summed E-state index contributed by atoms with van der Waals surface area (Å²) in [7, 11) is -3.51. The molecular formula is C27H35N3O4S. The van der Waals surface area contributed by atoms with Crippen LogP contribution in [0, 0.1) is 6.92 Å². The van der Waals surface area contributed by atoms with Gasteiger partial charge >= 0.3 is 0 Å². The highest BCUT2D eigenvalue weighted by atomic mass is 32.2. The van der Waals surface area contributed by atoms with Crippen molar-refractivity contribution in [3.8, 4) is 0 Å². The van der Waals surface area contributed by atoms with Crippen molar-refractivity contribution in [3.63, 3.8) is 0 Å². The first-order valence-corrected chi connectivity index (χ1v) is 13.6. The Kier molecular flexibility index (Phi) is 8.86. The van der Waals surface area contributed by atoms with Crippen molar-refractivity contribution in [1.29, 1.82) is 0 Å². The Morgan fingerprint density at radius 1 is 1.09 bits per heavy atom. The molecule has 8 heteroatoms. The summed E-state index contributed by atoms with van der Waals surface area (Å²) in [6, 6.07) is 12.0. The van der Waals surface area contributed by atoms with Crippen LogP contribution in [0.25, 0.3) is 6.08 Å². The van der Waals surface area contributed by atoms with Gasteiger partial charge in [-0.3, -0.25) is 9.59 Å². The van der Waals surface area contributed by atoms with Crippen molar-refractivity contribution in [2.45, 2.75) is 57.9 Å². The van der Waals surface area contributed by atoms with Crippen molar-refractivity contribution in [3.05, 3.63) is 65.2 Å². The minimum Gasteiger partial charge on any atom is -0.336 e. The zero-order chi connectivity index (χ0) is 25.6. The van der Waals surface area contributed by atoms with Crippen molar-refractivity contribution in [2.24, 2.45) is 0 Å². The molecule has 0 bridgehead atoms. The Balaban J connectivity index is 1.64. The Bertz CT molecular complexity index is 1190. The van der Waals surface area contributed by atoms with Gasteiger partial charge in [-0.25, -0.2) is 8.42 Å². The lowest BCUT2D eigenvalue weighted by molar-refractivity contribution is -0.111. The molecule has 1 unspecified atom stereocenters. The third kappa shape index (κ3) is 6.38. The molecule has 1 fully saturated rings. The molecular weight excluding hydrogens is 462 g/mol. The van der Waals surface area contributed by atoms with Gasteiger partial charge in [-0.2, -0.15) is 4.31 Å². The van der Waals surface area contributed by atoms with Crippen LogP contribution in [0.3, 0.4) is 0 Å². The van der Waals surface area contributed by atoms with Crippen LogP contribution in [-0.4, -0.2) is 55.1 Å². The molecule has 0 aliphatic carbocycles. The molecule has 35 heavy (non-hydrogen) atoms. The zero-order valence-electron chi connectivity index (χ0n) is 21.0. The van der Waals surface area contributed by atoms with E-state index < -0.39 is 10.0 Å². The molecule has 2 aromatic rings. The van der Waals surface area contributed by atoms with Gasteiger partial charge in [0.1, 0.15) is 0 Å². The van der Waals surface area contributed by atoms with E-state index in [-0.39, 0.29) is 22.8 Å². The first kappa shape index (κ1) is 26.6. The highest BCUT2D eigenvalue weighted by molar-refractivity contribution is 7.89. The average molecular weight is 498 g/mol. The maximum atomic E-state index is 12.9. The highest BCUT2D eigenvalue weighted by Crippen LogP contribution is 2.22. The first-order valence-electron chi connectivity index (χ1n) is 12.2. The van der Waals surface area contributed by atoms with E-state index in [1.807, 2.05) is 17.9 Å². The number of sulfonamides is 1. The van der Waals surface area contributed by atoms with E-state index in [1.54, 1.807) is 56.3 Å². The van der Waals surface area contributed by atoms with E-state index in [9.17, 15) is 18.0 Å². The quantitative estimate of drug-likeness (QED) is 0.536. The number of anilines is 1. The fraction of sp³-hybridized carbons (Fsp3) is 0.407. The summed E-state index contributed by atoms with van der Waals surface area (Å²) in [6.45, 7) is 9.16. The van der Waals surface area contributed by atoms with Gasteiger partial charge in [0.05, 0.1) is 4.90 Å². The van der Waals surface area contributed by atoms with Crippen LogP contribution in [-0.2, 0) is 14.8 Å². The molecule has 188 valence electrons. The number of hydrogen-bond acceptors (Lipinski definition) is 4. The van der Waals surface area contributed by atoms with E-state index in [0.29, 0.717) is 29.9 Å². The van der Waals surface area contributed by atoms with E-state index in [1.165, 1.54) is 10.4 Å². The largest absolute Gasteiger partial charge is 0.336 e. The molecule has 1 atom stereocenters. The monoisotopic (exact) mass is 497 g/mol. The van der Waals surface area contributed by atoms with Gasteiger partial charge in [0.2, 0.25) is 15.9 Å². The molecule has 1 saturated heterocycles. The first-order chi connectivity index (χ1) is 16.7. The summed E-state index contributed by atoms with van der Waals surface area (Å²) in [5.41, 5.74) is 2.80. The number of amides is 2. The maximum Gasteiger partial charge on any atom is 0.254 e. The summed E-state index contributed by atoms with van der Waals surface area (Å²) in [4.78, 5) is 27.5. The number of rotatable bonds is 8. The third-order valence-corrected chi connectivity index (χ3v) is 8.51. The topological polar surface area (TPSA) is 86.8 Å².